The predicted molar refractivity (Wildman–Crippen MR) is 132 cm³/mol. The van der Waals surface area contributed by atoms with Crippen LogP contribution >= 0.6 is 11.6 Å². The smallest absolute Gasteiger partial charge is 0.160 e. The second kappa shape index (κ2) is 12.9. The Morgan fingerprint density at radius 1 is 1.03 bits per heavy atom. The van der Waals surface area contributed by atoms with Gasteiger partial charge in [0.25, 0.3) is 0 Å². The fraction of sp³-hybridized carbons (Fsp3) is 0.536. The van der Waals surface area contributed by atoms with Crippen molar-refractivity contribution in [2.45, 2.75) is 90.1 Å². The van der Waals surface area contributed by atoms with Crippen LogP contribution in [0.5, 0.6) is 11.5 Å². The molecular formula is C28H37ClO3. The number of benzene rings is 2. The normalized spacial score (nSPS) is 18.0. The molecule has 4 rings (SSSR count). The van der Waals surface area contributed by atoms with Gasteiger partial charge in [0.15, 0.2) is 12.4 Å². The predicted octanol–water partition coefficient (Wildman–Crippen LogP) is 7.71. The van der Waals surface area contributed by atoms with E-state index in [0.29, 0.717) is 12.5 Å². The molecule has 1 fully saturated rings. The van der Waals surface area contributed by atoms with E-state index in [4.69, 9.17) is 21.1 Å². The van der Waals surface area contributed by atoms with Gasteiger partial charge in [-0.3, -0.25) is 4.79 Å². The maximum atomic E-state index is 11.0. The van der Waals surface area contributed by atoms with Gasteiger partial charge in [0.2, 0.25) is 0 Å². The molecule has 2 aliphatic rings. The first kappa shape index (κ1) is 24.6. The highest BCUT2D eigenvalue weighted by molar-refractivity contribution is 6.31. The van der Waals surface area contributed by atoms with Crippen LogP contribution in [0.3, 0.4) is 0 Å². The minimum absolute atomic E-state index is 0.331. The summed E-state index contributed by atoms with van der Waals surface area (Å²) in [7, 11) is 0. The van der Waals surface area contributed by atoms with Crippen molar-refractivity contribution in [3.8, 4) is 11.5 Å². The van der Waals surface area contributed by atoms with Crippen LogP contribution in [0.15, 0.2) is 36.4 Å². The number of fused-ring (bicyclic) bond motifs is 1. The van der Waals surface area contributed by atoms with Gasteiger partial charge >= 0.3 is 0 Å². The number of halogens is 1. The molecular weight excluding hydrogens is 420 g/mol. The van der Waals surface area contributed by atoms with Gasteiger partial charge in [-0.05, 0) is 79.7 Å². The molecule has 1 heterocycles. The zero-order valence-corrected chi connectivity index (χ0v) is 20.3. The van der Waals surface area contributed by atoms with Crippen molar-refractivity contribution >= 4 is 17.9 Å². The number of carbonyl (C=O) groups is 1. The molecule has 32 heavy (non-hydrogen) atoms. The van der Waals surface area contributed by atoms with E-state index < -0.39 is 0 Å². The molecule has 0 N–H and O–H groups in total. The van der Waals surface area contributed by atoms with Crippen molar-refractivity contribution in [3.63, 3.8) is 0 Å². The van der Waals surface area contributed by atoms with Crippen LogP contribution in [-0.4, -0.2) is 19.0 Å². The molecule has 1 aliphatic carbocycles. The number of carbonyl (C=O) groups excluding carboxylic acids is 1. The second-order valence-electron chi connectivity index (χ2n) is 8.59. The van der Waals surface area contributed by atoms with E-state index in [9.17, 15) is 4.79 Å². The molecule has 3 nitrogen and oxygen atoms in total. The van der Waals surface area contributed by atoms with E-state index in [2.05, 4.69) is 18.2 Å². The van der Waals surface area contributed by atoms with Crippen LogP contribution < -0.4 is 9.47 Å². The molecule has 1 unspecified atom stereocenters. The van der Waals surface area contributed by atoms with Crippen molar-refractivity contribution < 1.29 is 14.3 Å². The molecule has 0 saturated heterocycles. The number of hydrogen-bond donors (Lipinski definition) is 0. The number of rotatable bonds is 8. The number of ether oxygens (including phenoxy) is 2. The molecule has 2 aromatic rings. The molecule has 0 radical (unpaired) electrons. The van der Waals surface area contributed by atoms with E-state index >= 15 is 0 Å². The van der Waals surface area contributed by atoms with Gasteiger partial charge in [0.05, 0.1) is 6.61 Å². The Labute approximate surface area is 198 Å². The summed E-state index contributed by atoms with van der Waals surface area (Å²) in [5.74, 6) is 2.27. The molecule has 1 saturated carbocycles. The first-order valence-corrected chi connectivity index (χ1v) is 12.8. The maximum Gasteiger partial charge on any atom is 0.160 e. The van der Waals surface area contributed by atoms with E-state index in [0.717, 1.165) is 60.5 Å². The molecule has 1 aliphatic heterocycles. The Morgan fingerprint density at radius 2 is 1.84 bits per heavy atom. The third-order valence-corrected chi connectivity index (χ3v) is 6.78. The Balaban J connectivity index is 0.00000141. The highest BCUT2D eigenvalue weighted by Crippen LogP contribution is 2.35. The number of unbranched alkanes of at least 4 members (excludes halogenated alkanes) is 1. The third kappa shape index (κ3) is 6.75. The average molecular weight is 457 g/mol. The van der Waals surface area contributed by atoms with Crippen LogP contribution in [0, 0.1) is 0 Å². The fourth-order valence-corrected chi connectivity index (χ4v) is 4.90. The number of hydrogen-bond acceptors (Lipinski definition) is 3. The zero-order valence-electron chi connectivity index (χ0n) is 19.6. The minimum Gasteiger partial charge on any atom is -0.493 e. The summed E-state index contributed by atoms with van der Waals surface area (Å²) in [6.45, 7) is 4.66. The van der Waals surface area contributed by atoms with Gasteiger partial charge in [0, 0.05) is 11.1 Å². The van der Waals surface area contributed by atoms with Gasteiger partial charge < -0.3 is 9.47 Å². The summed E-state index contributed by atoms with van der Waals surface area (Å²) >= 11 is 6.58. The number of aryl methyl sites for hydroxylation is 2. The highest BCUT2D eigenvalue weighted by atomic mass is 35.5. The summed E-state index contributed by atoms with van der Waals surface area (Å²) in [5.41, 5.74) is 3.79. The first-order valence-electron chi connectivity index (χ1n) is 12.4. The summed E-state index contributed by atoms with van der Waals surface area (Å²) in [5, 5.41) is 0.913. The largest absolute Gasteiger partial charge is 0.493 e. The van der Waals surface area contributed by atoms with E-state index in [1.54, 1.807) is 0 Å². The van der Waals surface area contributed by atoms with Crippen LogP contribution in [0.1, 0.15) is 87.8 Å². The fourth-order valence-electron chi connectivity index (χ4n) is 4.62. The molecule has 1 atom stereocenters. The zero-order chi connectivity index (χ0) is 22.8. The van der Waals surface area contributed by atoms with E-state index in [-0.39, 0.29) is 6.10 Å². The molecule has 174 valence electrons. The van der Waals surface area contributed by atoms with Crippen molar-refractivity contribution in [3.05, 3.63) is 58.1 Å². The van der Waals surface area contributed by atoms with Crippen molar-refractivity contribution in [2.75, 3.05) is 6.61 Å². The van der Waals surface area contributed by atoms with E-state index in [1.807, 2.05) is 32.0 Å². The van der Waals surface area contributed by atoms with Gasteiger partial charge in [0.1, 0.15) is 11.5 Å². The molecule has 0 aromatic heterocycles. The lowest BCUT2D eigenvalue weighted by Gasteiger charge is -2.22. The molecule has 0 amide bonds. The Bertz CT molecular complexity index is 858. The van der Waals surface area contributed by atoms with Gasteiger partial charge in [-0.2, -0.15) is 0 Å². The van der Waals surface area contributed by atoms with Crippen LogP contribution in [0.25, 0.3) is 0 Å². The lowest BCUT2D eigenvalue weighted by molar-refractivity contribution is -0.114. The topological polar surface area (TPSA) is 35.5 Å². The minimum atomic E-state index is -0.331. The van der Waals surface area contributed by atoms with E-state index in [1.165, 1.54) is 43.2 Å². The molecule has 0 spiro atoms. The monoisotopic (exact) mass is 456 g/mol. The quantitative estimate of drug-likeness (QED) is 0.301. The molecule has 2 aromatic carbocycles. The van der Waals surface area contributed by atoms with Crippen LogP contribution in [-0.2, 0) is 17.6 Å². The third-order valence-electron chi connectivity index (χ3n) is 6.43. The van der Waals surface area contributed by atoms with Gasteiger partial charge in [-0.25, -0.2) is 0 Å². The lowest BCUT2D eigenvalue weighted by Crippen LogP contribution is -2.23. The summed E-state index contributed by atoms with van der Waals surface area (Å²) in [6.07, 6.45) is 11.8. The highest BCUT2D eigenvalue weighted by Gasteiger charge is 2.19. The Kier molecular flexibility index (Phi) is 9.92. The van der Waals surface area contributed by atoms with Crippen LogP contribution in [0.4, 0.5) is 0 Å². The average Bonchev–Trinajstić information content (AvgIpc) is 2.86. The summed E-state index contributed by atoms with van der Waals surface area (Å²) in [6, 6.07) is 12.6. The Morgan fingerprint density at radius 3 is 2.59 bits per heavy atom. The standard InChI is InChI=1S/C26H31ClO3.C2H6/c27-25-16-22(19-6-2-1-3-7-19)10-9-20(25)8-4-5-15-29-23-13-11-21-12-14-24(18-28)30-26(21)17-23;1-2/h9-11,13,16-19,24H,1-8,12,14-15H2;1-2H3. The second-order valence-corrected chi connectivity index (χ2v) is 9.00. The van der Waals surface area contributed by atoms with Crippen molar-refractivity contribution in [1.29, 1.82) is 0 Å². The van der Waals surface area contributed by atoms with Crippen molar-refractivity contribution in [1.82, 2.24) is 0 Å². The lowest BCUT2D eigenvalue weighted by atomic mass is 9.84. The first-order chi connectivity index (χ1) is 15.7. The van der Waals surface area contributed by atoms with Gasteiger partial charge in [-0.15, -0.1) is 0 Å². The number of aldehydes is 1. The molecule has 4 heteroatoms. The summed E-state index contributed by atoms with van der Waals surface area (Å²) < 4.78 is 11.6. The molecule has 0 bridgehead atoms. The maximum absolute atomic E-state index is 11.0. The SMILES string of the molecule is CC.O=CC1CCc2ccc(OCCCCc3ccc(C4CCCCC4)cc3Cl)cc2O1. The Hall–Kier alpha value is -2.00. The van der Waals surface area contributed by atoms with Crippen molar-refractivity contribution in [2.24, 2.45) is 0 Å². The van der Waals surface area contributed by atoms with Crippen LogP contribution in [0.2, 0.25) is 5.02 Å². The summed E-state index contributed by atoms with van der Waals surface area (Å²) in [4.78, 5) is 11.0. The van der Waals surface area contributed by atoms with Gasteiger partial charge in [-0.1, -0.05) is 62.9 Å².